The quantitative estimate of drug-likeness (QED) is 0.593. The molecule has 1 rings (SSSR count). The number of aliphatic hydroxyl groups excluding tert-OH is 1. The van der Waals surface area contributed by atoms with Crippen molar-refractivity contribution in [3.63, 3.8) is 0 Å². The van der Waals surface area contributed by atoms with Gasteiger partial charge in [-0.25, -0.2) is 9.97 Å². The third-order valence-corrected chi connectivity index (χ3v) is 1.57. The summed E-state index contributed by atoms with van der Waals surface area (Å²) in [6.07, 6.45) is 3.01. The second-order valence-electron chi connectivity index (χ2n) is 3.10. The van der Waals surface area contributed by atoms with Crippen molar-refractivity contribution in [3.05, 3.63) is 18.6 Å². The number of aromatic nitrogens is 2. The van der Waals surface area contributed by atoms with E-state index in [1.54, 1.807) is 19.2 Å². The van der Waals surface area contributed by atoms with E-state index >= 15 is 0 Å². The van der Waals surface area contributed by atoms with E-state index in [-0.39, 0.29) is 13.2 Å². The van der Waals surface area contributed by atoms with Gasteiger partial charge in [0.2, 0.25) is 0 Å². The van der Waals surface area contributed by atoms with Crippen LogP contribution in [0.5, 0.6) is 0 Å². The molecular formula is C8H13N3O2. The van der Waals surface area contributed by atoms with Crippen LogP contribution < -0.4 is 5.32 Å². The van der Waals surface area contributed by atoms with Gasteiger partial charge in [-0.2, -0.15) is 0 Å². The summed E-state index contributed by atoms with van der Waals surface area (Å²) < 4.78 is 0. The highest BCUT2D eigenvalue weighted by atomic mass is 16.3. The fourth-order valence-electron chi connectivity index (χ4n) is 0.732. The van der Waals surface area contributed by atoms with E-state index in [1.807, 2.05) is 0 Å². The lowest BCUT2D eigenvalue weighted by atomic mass is 10.1. The highest BCUT2D eigenvalue weighted by molar-refractivity contribution is 5.31. The lowest BCUT2D eigenvalue weighted by Crippen LogP contribution is -2.37. The number of rotatable bonds is 4. The maximum absolute atomic E-state index is 9.43. The Morgan fingerprint density at radius 2 is 2.38 bits per heavy atom. The van der Waals surface area contributed by atoms with Crippen LogP contribution in [0.4, 0.5) is 5.82 Å². The molecule has 72 valence electrons. The van der Waals surface area contributed by atoms with Crippen molar-refractivity contribution in [3.8, 4) is 0 Å². The summed E-state index contributed by atoms with van der Waals surface area (Å²) in [6, 6.07) is 1.69. The van der Waals surface area contributed by atoms with Gasteiger partial charge in [0.1, 0.15) is 17.7 Å². The van der Waals surface area contributed by atoms with Gasteiger partial charge in [-0.1, -0.05) is 0 Å². The Morgan fingerprint density at radius 3 is 2.92 bits per heavy atom. The molecule has 0 bridgehead atoms. The molecule has 1 heterocycles. The Hall–Kier alpha value is -1.20. The van der Waals surface area contributed by atoms with E-state index in [1.165, 1.54) is 6.33 Å². The fraction of sp³-hybridized carbons (Fsp3) is 0.500. The van der Waals surface area contributed by atoms with Gasteiger partial charge in [-0.3, -0.25) is 0 Å². The molecule has 1 aromatic rings. The summed E-state index contributed by atoms with van der Waals surface area (Å²) in [4.78, 5) is 7.65. The average molecular weight is 183 g/mol. The van der Waals surface area contributed by atoms with E-state index in [2.05, 4.69) is 15.3 Å². The smallest absolute Gasteiger partial charge is 0.129 e. The van der Waals surface area contributed by atoms with Crippen LogP contribution in [-0.2, 0) is 0 Å². The van der Waals surface area contributed by atoms with Gasteiger partial charge in [0, 0.05) is 12.7 Å². The summed E-state index contributed by atoms with van der Waals surface area (Å²) in [5.41, 5.74) is -1.12. The fourth-order valence-corrected chi connectivity index (χ4v) is 0.732. The summed E-state index contributed by atoms with van der Waals surface area (Å²) in [7, 11) is 0. The molecule has 0 saturated carbocycles. The SMILES string of the molecule is CC(O)(CO)CNc1ccncn1. The van der Waals surface area contributed by atoms with Crippen molar-refractivity contribution < 1.29 is 10.2 Å². The van der Waals surface area contributed by atoms with Gasteiger partial charge < -0.3 is 15.5 Å². The van der Waals surface area contributed by atoms with Crippen molar-refractivity contribution in [1.29, 1.82) is 0 Å². The van der Waals surface area contributed by atoms with Crippen LogP contribution in [0.2, 0.25) is 0 Å². The molecule has 1 atom stereocenters. The van der Waals surface area contributed by atoms with Gasteiger partial charge in [0.15, 0.2) is 0 Å². The zero-order valence-electron chi connectivity index (χ0n) is 7.44. The van der Waals surface area contributed by atoms with Crippen LogP contribution in [-0.4, -0.2) is 38.9 Å². The van der Waals surface area contributed by atoms with Crippen LogP contribution in [0.15, 0.2) is 18.6 Å². The Bertz CT molecular complexity index is 251. The first-order valence-corrected chi connectivity index (χ1v) is 3.97. The lowest BCUT2D eigenvalue weighted by Gasteiger charge is -2.20. The summed E-state index contributed by atoms with van der Waals surface area (Å²) >= 11 is 0. The predicted molar refractivity (Wildman–Crippen MR) is 48.2 cm³/mol. The second-order valence-corrected chi connectivity index (χ2v) is 3.10. The molecule has 0 spiro atoms. The first kappa shape index (κ1) is 9.88. The topological polar surface area (TPSA) is 78.3 Å². The molecule has 0 aliphatic carbocycles. The van der Waals surface area contributed by atoms with Crippen LogP contribution in [0, 0.1) is 0 Å². The average Bonchev–Trinajstić information content (AvgIpc) is 2.17. The third kappa shape index (κ3) is 3.35. The van der Waals surface area contributed by atoms with E-state index in [4.69, 9.17) is 5.11 Å². The standard InChI is InChI=1S/C8H13N3O2/c1-8(13,5-12)4-10-7-2-3-9-6-11-7/h2-3,6,12-13H,4-5H2,1H3,(H,9,10,11). The van der Waals surface area contributed by atoms with Gasteiger partial charge in [-0.05, 0) is 13.0 Å². The van der Waals surface area contributed by atoms with Crippen molar-refractivity contribution in [2.75, 3.05) is 18.5 Å². The number of hydrogen-bond donors (Lipinski definition) is 3. The van der Waals surface area contributed by atoms with Crippen LogP contribution >= 0.6 is 0 Å². The van der Waals surface area contributed by atoms with Crippen molar-refractivity contribution in [2.45, 2.75) is 12.5 Å². The zero-order valence-corrected chi connectivity index (χ0v) is 7.44. The Kier molecular flexibility index (Phi) is 3.16. The monoisotopic (exact) mass is 183 g/mol. The minimum Gasteiger partial charge on any atom is -0.393 e. The van der Waals surface area contributed by atoms with Gasteiger partial charge in [0.05, 0.1) is 6.61 Å². The molecule has 0 saturated heterocycles. The van der Waals surface area contributed by atoms with E-state index < -0.39 is 5.60 Å². The molecule has 1 unspecified atom stereocenters. The Balaban J connectivity index is 2.44. The van der Waals surface area contributed by atoms with Crippen LogP contribution in [0.25, 0.3) is 0 Å². The third-order valence-electron chi connectivity index (χ3n) is 1.57. The lowest BCUT2D eigenvalue weighted by molar-refractivity contribution is 0.0131. The molecule has 1 aromatic heterocycles. The molecule has 0 aliphatic rings. The zero-order chi connectivity index (χ0) is 9.73. The molecule has 0 radical (unpaired) electrons. The number of aliphatic hydroxyl groups is 2. The van der Waals surface area contributed by atoms with Gasteiger partial charge >= 0.3 is 0 Å². The number of nitrogens with zero attached hydrogens (tertiary/aromatic N) is 2. The van der Waals surface area contributed by atoms with Crippen LogP contribution in [0.1, 0.15) is 6.92 Å². The highest BCUT2D eigenvalue weighted by Crippen LogP contribution is 2.04. The molecular weight excluding hydrogens is 170 g/mol. The molecule has 0 fully saturated rings. The molecule has 3 N–H and O–H groups in total. The second kappa shape index (κ2) is 4.15. The van der Waals surface area contributed by atoms with E-state index in [9.17, 15) is 5.11 Å². The first-order valence-electron chi connectivity index (χ1n) is 3.97. The molecule has 5 heteroatoms. The maximum Gasteiger partial charge on any atom is 0.129 e. The Morgan fingerprint density at radius 1 is 1.62 bits per heavy atom. The summed E-state index contributed by atoms with van der Waals surface area (Å²) in [5, 5.41) is 21.1. The molecule has 13 heavy (non-hydrogen) atoms. The minimum absolute atomic E-state index is 0.251. The number of anilines is 1. The molecule has 5 nitrogen and oxygen atoms in total. The normalized spacial score (nSPS) is 15.0. The van der Waals surface area contributed by atoms with Crippen molar-refractivity contribution in [1.82, 2.24) is 9.97 Å². The largest absolute Gasteiger partial charge is 0.393 e. The molecule has 0 aliphatic heterocycles. The number of nitrogens with one attached hydrogen (secondary N) is 1. The summed E-state index contributed by atoms with van der Waals surface area (Å²) in [5.74, 6) is 0.628. The first-order chi connectivity index (χ1) is 6.14. The predicted octanol–water partition coefficient (Wildman–Crippen LogP) is -0.368. The molecule has 0 amide bonds. The minimum atomic E-state index is -1.12. The highest BCUT2D eigenvalue weighted by Gasteiger charge is 2.18. The van der Waals surface area contributed by atoms with Crippen molar-refractivity contribution in [2.24, 2.45) is 0 Å². The van der Waals surface area contributed by atoms with Gasteiger partial charge in [-0.15, -0.1) is 0 Å². The number of hydrogen-bond acceptors (Lipinski definition) is 5. The van der Waals surface area contributed by atoms with E-state index in [0.717, 1.165) is 0 Å². The summed E-state index contributed by atoms with van der Waals surface area (Å²) in [6.45, 7) is 1.51. The van der Waals surface area contributed by atoms with E-state index in [0.29, 0.717) is 5.82 Å². The maximum atomic E-state index is 9.43. The van der Waals surface area contributed by atoms with Crippen molar-refractivity contribution >= 4 is 5.82 Å². The van der Waals surface area contributed by atoms with Crippen LogP contribution in [0.3, 0.4) is 0 Å². The Labute approximate surface area is 76.5 Å². The van der Waals surface area contributed by atoms with Gasteiger partial charge in [0.25, 0.3) is 0 Å². The molecule has 0 aromatic carbocycles.